The Balaban J connectivity index is 2.10. The number of rotatable bonds is 3. The van der Waals surface area contributed by atoms with E-state index in [2.05, 4.69) is 41.1 Å². The molecule has 0 aliphatic carbocycles. The Bertz CT molecular complexity index is 564. The van der Waals surface area contributed by atoms with Crippen molar-refractivity contribution < 1.29 is 0 Å². The van der Waals surface area contributed by atoms with Crippen LogP contribution in [0.1, 0.15) is 31.4 Å². The summed E-state index contributed by atoms with van der Waals surface area (Å²) in [5, 5.41) is 2.55. The molecule has 3 nitrogen and oxygen atoms in total. The van der Waals surface area contributed by atoms with Crippen LogP contribution in [0, 0.1) is 5.92 Å². The van der Waals surface area contributed by atoms with Gasteiger partial charge in [0.2, 0.25) is 0 Å². The summed E-state index contributed by atoms with van der Waals surface area (Å²) in [6, 6.07) is 8.96. The zero-order chi connectivity index (χ0) is 13.9. The van der Waals surface area contributed by atoms with Crippen LogP contribution in [-0.2, 0) is 0 Å². The van der Waals surface area contributed by atoms with Crippen LogP contribution in [0.4, 0.5) is 0 Å². The second-order valence-corrected chi connectivity index (χ2v) is 5.66. The number of piperidine rings is 1. The van der Waals surface area contributed by atoms with E-state index in [1.54, 1.807) is 0 Å². The number of fused-ring (bicyclic) bond motifs is 1. The van der Waals surface area contributed by atoms with Crippen LogP contribution < -0.4 is 5.73 Å². The van der Waals surface area contributed by atoms with Crippen molar-refractivity contribution in [3.8, 4) is 0 Å². The van der Waals surface area contributed by atoms with Crippen LogP contribution in [0.2, 0.25) is 0 Å². The summed E-state index contributed by atoms with van der Waals surface area (Å²) in [6.45, 7) is 5.24. The topological polar surface area (TPSA) is 42.1 Å². The molecule has 106 valence electrons. The molecule has 2 atom stereocenters. The smallest absolute Gasteiger partial charge is 0.0409 e. The third-order valence-corrected chi connectivity index (χ3v) is 4.59. The molecule has 0 spiro atoms. The van der Waals surface area contributed by atoms with Gasteiger partial charge in [0, 0.05) is 23.8 Å². The van der Waals surface area contributed by atoms with Crippen molar-refractivity contribution in [3.63, 3.8) is 0 Å². The molecule has 2 aromatic rings. The van der Waals surface area contributed by atoms with E-state index in [0.717, 1.165) is 13.1 Å². The number of nitrogens with zero attached hydrogens (tertiary/aromatic N) is 2. The van der Waals surface area contributed by atoms with Gasteiger partial charge in [-0.2, -0.15) is 0 Å². The summed E-state index contributed by atoms with van der Waals surface area (Å²) in [4.78, 5) is 7.02. The van der Waals surface area contributed by atoms with Gasteiger partial charge in [-0.25, -0.2) is 0 Å². The predicted octanol–water partition coefficient (Wildman–Crippen LogP) is 2.97. The van der Waals surface area contributed by atoms with Crippen LogP contribution in [0.5, 0.6) is 0 Å². The maximum atomic E-state index is 6.04. The van der Waals surface area contributed by atoms with E-state index in [1.165, 1.54) is 35.7 Å². The molecule has 1 aromatic carbocycles. The minimum absolute atomic E-state index is 0.414. The standard InChI is InChI=1S/C17H23N3/c1-2-20-9-5-7-13(10-18)17(20)16-12-19-11-14-6-3-4-8-15(14)16/h3-4,6,8,11-13,17H,2,5,7,9-10,18H2,1H3. The first-order chi connectivity index (χ1) is 9.85. The normalized spacial score (nSPS) is 24.1. The van der Waals surface area contributed by atoms with Crippen LogP contribution in [0.3, 0.4) is 0 Å². The monoisotopic (exact) mass is 269 g/mol. The first-order valence-corrected chi connectivity index (χ1v) is 7.62. The van der Waals surface area contributed by atoms with Crippen molar-refractivity contribution in [2.24, 2.45) is 11.7 Å². The number of hydrogen-bond donors (Lipinski definition) is 1. The minimum atomic E-state index is 0.414. The summed E-state index contributed by atoms with van der Waals surface area (Å²) >= 11 is 0. The molecule has 2 unspecified atom stereocenters. The largest absolute Gasteiger partial charge is 0.330 e. The number of benzene rings is 1. The van der Waals surface area contributed by atoms with Crippen molar-refractivity contribution >= 4 is 10.8 Å². The van der Waals surface area contributed by atoms with Crippen molar-refractivity contribution in [1.29, 1.82) is 0 Å². The van der Waals surface area contributed by atoms with Crippen LogP contribution >= 0.6 is 0 Å². The Kier molecular flexibility index (Phi) is 3.99. The lowest BCUT2D eigenvalue weighted by Crippen LogP contribution is -2.41. The summed E-state index contributed by atoms with van der Waals surface area (Å²) in [5.41, 5.74) is 7.39. The van der Waals surface area contributed by atoms with Gasteiger partial charge >= 0.3 is 0 Å². The number of hydrogen-bond acceptors (Lipinski definition) is 3. The Morgan fingerprint density at radius 3 is 2.95 bits per heavy atom. The molecule has 2 heterocycles. The van der Waals surface area contributed by atoms with Crippen LogP contribution in [0.25, 0.3) is 10.8 Å². The molecule has 3 rings (SSSR count). The summed E-state index contributed by atoms with van der Waals surface area (Å²) < 4.78 is 0. The van der Waals surface area contributed by atoms with Crippen LogP contribution in [0.15, 0.2) is 36.7 Å². The Hall–Kier alpha value is -1.45. The van der Waals surface area contributed by atoms with Gasteiger partial charge in [-0.1, -0.05) is 31.2 Å². The Labute approximate surface area is 120 Å². The average molecular weight is 269 g/mol. The molecule has 1 aromatic heterocycles. The van der Waals surface area contributed by atoms with Gasteiger partial charge in [-0.3, -0.25) is 9.88 Å². The SMILES string of the molecule is CCN1CCCC(CN)C1c1cncc2ccccc12. The zero-order valence-corrected chi connectivity index (χ0v) is 12.1. The molecule has 3 heteroatoms. The molecule has 0 saturated carbocycles. The van der Waals surface area contributed by atoms with Gasteiger partial charge in [0.1, 0.15) is 0 Å². The highest BCUT2D eigenvalue weighted by atomic mass is 15.2. The highest BCUT2D eigenvalue weighted by Crippen LogP contribution is 2.37. The number of pyridine rings is 1. The zero-order valence-electron chi connectivity index (χ0n) is 12.1. The fourth-order valence-electron chi connectivity index (χ4n) is 3.58. The molecule has 0 bridgehead atoms. The first kappa shape index (κ1) is 13.5. The van der Waals surface area contributed by atoms with E-state index in [-0.39, 0.29) is 0 Å². The fourth-order valence-corrected chi connectivity index (χ4v) is 3.58. The van der Waals surface area contributed by atoms with E-state index in [0.29, 0.717) is 12.0 Å². The molecular formula is C17H23N3. The van der Waals surface area contributed by atoms with E-state index >= 15 is 0 Å². The van der Waals surface area contributed by atoms with Crippen LogP contribution in [-0.4, -0.2) is 29.5 Å². The third kappa shape index (κ3) is 2.32. The molecule has 1 aliphatic rings. The Morgan fingerprint density at radius 2 is 2.15 bits per heavy atom. The van der Waals surface area contributed by atoms with E-state index in [4.69, 9.17) is 5.73 Å². The van der Waals surface area contributed by atoms with Crippen molar-refractivity contribution in [1.82, 2.24) is 9.88 Å². The molecule has 1 aliphatic heterocycles. The molecule has 0 radical (unpaired) electrons. The summed E-state index contributed by atoms with van der Waals surface area (Å²) in [6.07, 6.45) is 6.48. The highest BCUT2D eigenvalue weighted by Gasteiger charge is 2.31. The molecule has 0 amide bonds. The maximum Gasteiger partial charge on any atom is 0.0409 e. The van der Waals surface area contributed by atoms with Gasteiger partial charge in [-0.15, -0.1) is 0 Å². The third-order valence-electron chi connectivity index (χ3n) is 4.59. The van der Waals surface area contributed by atoms with Gasteiger partial charge in [0.15, 0.2) is 0 Å². The lowest BCUT2D eigenvalue weighted by atomic mass is 9.83. The quantitative estimate of drug-likeness (QED) is 0.931. The summed E-state index contributed by atoms with van der Waals surface area (Å²) in [7, 11) is 0. The molecule has 1 fully saturated rings. The lowest BCUT2D eigenvalue weighted by Gasteiger charge is -2.41. The molecule has 1 saturated heterocycles. The second kappa shape index (κ2) is 5.90. The van der Waals surface area contributed by atoms with Crippen molar-refractivity contribution in [3.05, 3.63) is 42.2 Å². The fraction of sp³-hybridized carbons (Fsp3) is 0.471. The lowest BCUT2D eigenvalue weighted by molar-refractivity contribution is 0.103. The van der Waals surface area contributed by atoms with E-state index in [9.17, 15) is 0 Å². The maximum absolute atomic E-state index is 6.04. The van der Waals surface area contributed by atoms with E-state index in [1.807, 2.05) is 12.4 Å². The van der Waals surface area contributed by atoms with Gasteiger partial charge < -0.3 is 5.73 Å². The highest BCUT2D eigenvalue weighted by molar-refractivity contribution is 5.85. The van der Waals surface area contributed by atoms with Gasteiger partial charge in [-0.05, 0) is 49.3 Å². The number of likely N-dealkylation sites (tertiary alicyclic amines) is 1. The minimum Gasteiger partial charge on any atom is -0.330 e. The molecular weight excluding hydrogens is 246 g/mol. The second-order valence-electron chi connectivity index (χ2n) is 5.66. The molecule has 20 heavy (non-hydrogen) atoms. The van der Waals surface area contributed by atoms with Crippen molar-refractivity contribution in [2.75, 3.05) is 19.6 Å². The predicted molar refractivity (Wildman–Crippen MR) is 83.5 cm³/mol. The van der Waals surface area contributed by atoms with Crippen molar-refractivity contribution in [2.45, 2.75) is 25.8 Å². The van der Waals surface area contributed by atoms with Gasteiger partial charge in [0.25, 0.3) is 0 Å². The van der Waals surface area contributed by atoms with E-state index < -0.39 is 0 Å². The number of aromatic nitrogens is 1. The molecule has 2 N–H and O–H groups in total. The van der Waals surface area contributed by atoms with Gasteiger partial charge in [0.05, 0.1) is 0 Å². The first-order valence-electron chi connectivity index (χ1n) is 7.62. The average Bonchev–Trinajstić information content (AvgIpc) is 2.53. The number of nitrogens with two attached hydrogens (primary N) is 1. The Morgan fingerprint density at radius 1 is 1.30 bits per heavy atom. The summed E-state index contributed by atoms with van der Waals surface area (Å²) in [5.74, 6) is 0.538.